The smallest absolute Gasteiger partial charge is 0.402 e. The lowest BCUT2D eigenvalue weighted by molar-refractivity contribution is -0.384. The number of carbonyl (C=O) groups is 1. The number of benzene rings is 1. The second-order valence-electron chi connectivity index (χ2n) is 2.41. The summed E-state index contributed by atoms with van der Waals surface area (Å²) in [7, 11) is 0. The number of carboxylic acid groups (broad SMARTS) is 1. The molecule has 0 aliphatic heterocycles. The van der Waals surface area contributed by atoms with Crippen LogP contribution < -0.4 is 5.73 Å². The van der Waals surface area contributed by atoms with E-state index < -0.39 is 11.0 Å². The Morgan fingerprint density at radius 1 is 1.56 bits per heavy atom. The van der Waals surface area contributed by atoms with Crippen molar-refractivity contribution in [3.8, 4) is 11.8 Å². The number of hydrogen-bond donors (Lipinski definition) is 3. The molecule has 0 saturated carbocycles. The van der Waals surface area contributed by atoms with Gasteiger partial charge >= 0.3 is 6.09 Å². The van der Waals surface area contributed by atoms with E-state index in [0.717, 1.165) is 18.2 Å². The minimum Gasteiger partial charge on any atom is -0.507 e. The molecular formula is C8H7N3O5. The zero-order chi connectivity index (χ0) is 12.7. The minimum atomic E-state index is -1.33. The Labute approximate surface area is 89.3 Å². The molecule has 84 valence electrons. The number of nitrogens with two attached hydrogens (primary N) is 1. The fourth-order valence-corrected chi connectivity index (χ4v) is 0.727. The first-order chi connectivity index (χ1) is 7.38. The molecule has 1 aromatic rings. The van der Waals surface area contributed by atoms with E-state index in [4.69, 9.17) is 20.3 Å². The lowest BCUT2D eigenvalue weighted by Gasteiger charge is -1.94. The molecule has 1 aromatic carbocycles. The molecule has 8 heteroatoms. The van der Waals surface area contributed by atoms with E-state index in [1.807, 2.05) is 0 Å². The average Bonchev–Trinajstić information content (AvgIpc) is 2.17. The minimum absolute atomic E-state index is 0.0933. The van der Waals surface area contributed by atoms with Gasteiger partial charge in [0.2, 0.25) is 0 Å². The Morgan fingerprint density at radius 2 is 2.06 bits per heavy atom. The third kappa shape index (κ3) is 4.43. The van der Waals surface area contributed by atoms with Crippen molar-refractivity contribution in [3.63, 3.8) is 0 Å². The molecule has 0 aliphatic carbocycles. The summed E-state index contributed by atoms with van der Waals surface area (Å²) in [4.78, 5) is 18.3. The Balaban J connectivity index is 0.000000487. The lowest BCUT2D eigenvalue weighted by Crippen LogP contribution is -2.03. The van der Waals surface area contributed by atoms with Crippen molar-refractivity contribution in [3.05, 3.63) is 33.9 Å². The number of amides is 1. The molecule has 8 nitrogen and oxygen atoms in total. The Bertz CT molecular complexity index is 447. The third-order valence-corrected chi connectivity index (χ3v) is 1.31. The van der Waals surface area contributed by atoms with E-state index in [-0.39, 0.29) is 17.0 Å². The van der Waals surface area contributed by atoms with Crippen LogP contribution in [-0.2, 0) is 0 Å². The van der Waals surface area contributed by atoms with Crippen LogP contribution in [0.3, 0.4) is 0 Å². The highest BCUT2D eigenvalue weighted by atomic mass is 16.6. The number of phenolic OH excluding ortho intramolecular Hbond substituents is 1. The molecule has 0 heterocycles. The second-order valence-corrected chi connectivity index (χ2v) is 2.41. The number of primary amides is 1. The van der Waals surface area contributed by atoms with Gasteiger partial charge in [-0.15, -0.1) is 0 Å². The van der Waals surface area contributed by atoms with Gasteiger partial charge in [-0.25, -0.2) is 4.79 Å². The van der Waals surface area contributed by atoms with Crippen LogP contribution in [0.4, 0.5) is 10.5 Å². The van der Waals surface area contributed by atoms with Gasteiger partial charge in [-0.3, -0.25) is 10.1 Å². The molecule has 0 bridgehead atoms. The van der Waals surface area contributed by atoms with E-state index in [9.17, 15) is 10.1 Å². The van der Waals surface area contributed by atoms with E-state index in [1.165, 1.54) is 0 Å². The molecule has 0 aliphatic rings. The summed E-state index contributed by atoms with van der Waals surface area (Å²) < 4.78 is 0. The van der Waals surface area contributed by atoms with Crippen LogP contribution in [0.25, 0.3) is 0 Å². The van der Waals surface area contributed by atoms with Gasteiger partial charge < -0.3 is 15.9 Å². The maximum atomic E-state index is 10.2. The summed E-state index contributed by atoms with van der Waals surface area (Å²) in [5, 5.41) is 34.8. The van der Waals surface area contributed by atoms with Gasteiger partial charge in [0, 0.05) is 12.1 Å². The number of aromatic hydroxyl groups is 1. The zero-order valence-corrected chi connectivity index (χ0v) is 7.82. The molecule has 16 heavy (non-hydrogen) atoms. The first kappa shape index (κ1) is 13.2. The van der Waals surface area contributed by atoms with Crippen molar-refractivity contribution in [2.24, 2.45) is 5.73 Å². The lowest BCUT2D eigenvalue weighted by atomic mass is 10.2. The van der Waals surface area contributed by atoms with Crippen molar-refractivity contribution in [1.82, 2.24) is 0 Å². The molecule has 1 rings (SSSR count). The van der Waals surface area contributed by atoms with Gasteiger partial charge in [0.25, 0.3) is 5.69 Å². The standard InChI is InChI=1S/C7H4N2O3.CH3NO2/c8-4-5-3-6(9(11)12)1-2-7(5)10;2-1(3)4/h1-3,10H;2H2,(H,3,4). The van der Waals surface area contributed by atoms with Gasteiger partial charge in [0.15, 0.2) is 0 Å². The van der Waals surface area contributed by atoms with Crippen LogP contribution in [0.5, 0.6) is 5.75 Å². The summed E-state index contributed by atoms with van der Waals surface area (Å²) in [5.41, 5.74) is 3.73. The molecular weight excluding hydrogens is 218 g/mol. The number of nitriles is 1. The number of non-ortho nitro benzene ring substituents is 1. The summed E-state index contributed by atoms with van der Waals surface area (Å²) in [6, 6.07) is 4.92. The Morgan fingerprint density at radius 3 is 2.44 bits per heavy atom. The fraction of sp³-hybridized carbons (Fsp3) is 0. The Hall–Kier alpha value is -2.82. The van der Waals surface area contributed by atoms with E-state index in [0.29, 0.717) is 0 Å². The van der Waals surface area contributed by atoms with Crippen LogP contribution in [-0.4, -0.2) is 21.2 Å². The first-order valence-corrected chi connectivity index (χ1v) is 3.74. The van der Waals surface area contributed by atoms with Crippen molar-refractivity contribution >= 4 is 11.8 Å². The van der Waals surface area contributed by atoms with Crippen LogP contribution in [0, 0.1) is 21.4 Å². The highest BCUT2D eigenvalue weighted by Gasteiger charge is 2.08. The zero-order valence-electron chi connectivity index (χ0n) is 7.82. The molecule has 0 atom stereocenters. The molecule has 0 fully saturated rings. The number of rotatable bonds is 1. The first-order valence-electron chi connectivity index (χ1n) is 3.74. The van der Waals surface area contributed by atoms with Crippen LogP contribution in [0.1, 0.15) is 5.56 Å². The molecule has 0 aromatic heterocycles. The third-order valence-electron chi connectivity index (χ3n) is 1.31. The number of phenols is 1. The van der Waals surface area contributed by atoms with Gasteiger partial charge in [0.05, 0.1) is 4.92 Å². The highest BCUT2D eigenvalue weighted by molar-refractivity contribution is 5.61. The van der Waals surface area contributed by atoms with Crippen molar-refractivity contribution in [2.45, 2.75) is 0 Å². The quantitative estimate of drug-likeness (QED) is 0.474. The van der Waals surface area contributed by atoms with Crippen LogP contribution in [0.2, 0.25) is 0 Å². The SMILES string of the molecule is N#Cc1cc([N+](=O)[O-])ccc1O.NC(=O)O. The molecule has 0 radical (unpaired) electrons. The summed E-state index contributed by atoms with van der Waals surface area (Å²) >= 11 is 0. The normalized spacial score (nSPS) is 8.19. The van der Waals surface area contributed by atoms with Gasteiger partial charge in [-0.1, -0.05) is 0 Å². The van der Waals surface area contributed by atoms with E-state index in [2.05, 4.69) is 5.73 Å². The van der Waals surface area contributed by atoms with Crippen LogP contribution in [0.15, 0.2) is 18.2 Å². The Kier molecular flexibility index (Phi) is 4.79. The topological polar surface area (TPSA) is 150 Å². The summed E-state index contributed by atoms with van der Waals surface area (Å²) in [5.74, 6) is -0.247. The number of nitrogens with zero attached hydrogens (tertiary/aromatic N) is 2. The van der Waals surface area contributed by atoms with Gasteiger partial charge in [0.1, 0.15) is 17.4 Å². The molecule has 1 amide bonds. The average molecular weight is 225 g/mol. The largest absolute Gasteiger partial charge is 0.507 e. The number of nitro groups is 1. The predicted octanol–water partition coefficient (Wildman–Crippen LogP) is 0.795. The number of nitro benzene ring substituents is 1. The monoisotopic (exact) mass is 225 g/mol. The molecule has 0 spiro atoms. The van der Waals surface area contributed by atoms with Crippen molar-refractivity contribution < 1.29 is 19.9 Å². The fourth-order valence-electron chi connectivity index (χ4n) is 0.727. The second kappa shape index (κ2) is 5.82. The van der Waals surface area contributed by atoms with Crippen molar-refractivity contribution in [1.29, 1.82) is 5.26 Å². The van der Waals surface area contributed by atoms with Crippen molar-refractivity contribution in [2.75, 3.05) is 0 Å². The summed E-state index contributed by atoms with van der Waals surface area (Å²) in [6.07, 6.45) is -1.33. The number of hydrogen-bond acceptors (Lipinski definition) is 5. The molecule has 0 unspecified atom stereocenters. The van der Waals surface area contributed by atoms with Gasteiger partial charge in [-0.2, -0.15) is 5.26 Å². The predicted molar refractivity (Wildman–Crippen MR) is 51.7 cm³/mol. The maximum absolute atomic E-state index is 10.2. The van der Waals surface area contributed by atoms with Crippen LogP contribution >= 0.6 is 0 Å². The highest BCUT2D eigenvalue weighted by Crippen LogP contribution is 2.21. The maximum Gasteiger partial charge on any atom is 0.402 e. The van der Waals surface area contributed by atoms with Gasteiger partial charge in [-0.05, 0) is 6.07 Å². The molecule has 4 N–H and O–H groups in total. The van der Waals surface area contributed by atoms with E-state index >= 15 is 0 Å². The van der Waals surface area contributed by atoms with E-state index in [1.54, 1.807) is 6.07 Å². The summed E-state index contributed by atoms with van der Waals surface area (Å²) in [6.45, 7) is 0. The molecule has 0 saturated heterocycles.